The molecule has 0 saturated carbocycles. The Balaban J connectivity index is 1.78. The van der Waals surface area contributed by atoms with Crippen LogP contribution in [0.2, 0.25) is 0 Å². The van der Waals surface area contributed by atoms with Crippen molar-refractivity contribution in [2.45, 2.75) is 18.9 Å². The van der Waals surface area contributed by atoms with Crippen molar-refractivity contribution in [1.82, 2.24) is 9.91 Å². The molecular weight excluding hydrogens is 126 g/mol. The van der Waals surface area contributed by atoms with Gasteiger partial charge in [0.15, 0.2) is 0 Å². The van der Waals surface area contributed by atoms with Gasteiger partial charge in [0.05, 0.1) is 0 Å². The molecule has 0 aliphatic carbocycles. The molecule has 0 atom stereocenters. The Labute approximate surface area is 61.7 Å². The monoisotopic (exact) mass is 141 g/mol. The van der Waals surface area contributed by atoms with E-state index in [0.717, 1.165) is 19.1 Å². The summed E-state index contributed by atoms with van der Waals surface area (Å²) in [5.41, 5.74) is 0. The minimum atomic E-state index is 0.785. The number of likely N-dealkylation sites (tertiary alicyclic amines) is 1. The number of rotatable bonds is 1. The summed E-state index contributed by atoms with van der Waals surface area (Å²) in [6, 6.07) is 0.785. The van der Waals surface area contributed by atoms with Crippen molar-refractivity contribution in [2.75, 3.05) is 26.2 Å². The van der Waals surface area contributed by atoms with Gasteiger partial charge in [0.2, 0.25) is 0 Å². The Morgan fingerprint density at radius 3 is 2.20 bits per heavy atom. The van der Waals surface area contributed by atoms with Crippen LogP contribution in [0, 0.1) is 0 Å². The zero-order valence-electron chi connectivity index (χ0n) is 6.29. The highest BCUT2D eigenvalue weighted by molar-refractivity contribution is 4.86. The molecule has 0 unspecified atom stereocenters. The van der Waals surface area contributed by atoms with Crippen LogP contribution < -0.4 is 5.84 Å². The van der Waals surface area contributed by atoms with E-state index in [-0.39, 0.29) is 0 Å². The van der Waals surface area contributed by atoms with Crippen molar-refractivity contribution in [3.8, 4) is 0 Å². The van der Waals surface area contributed by atoms with Gasteiger partial charge in [-0.05, 0) is 25.9 Å². The first kappa shape index (κ1) is 6.58. The van der Waals surface area contributed by atoms with E-state index in [1.807, 2.05) is 5.01 Å². The fourth-order valence-electron chi connectivity index (χ4n) is 1.83. The van der Waals surface area contributed by atoms with Gasteiger partial charge < -0.3 is 0 Å². The maximum Gasteiger partial charge on any atom is 0.0378 e. The van der Waals surface area contributed by atoms with Gasteiger partial charge in [-0.3, -0.25) is 10.7 Å². The van der Waals surface area contributed by atoms with Crippen LogP contribution in [-0.4, -0.2) is 42.1 Å². The number of nitrogens with zero attached hydrogens (tertiary/aromatic N) is 2. The maximum absolute atomic E-state index is 5.54. The molecule has 10 heavy (non-hydrogen) atoms. The molecule has 3 nitrogen and oxygen atoms in total. The van der Waals surface area contributed by atoms with Crippen LogP contribution in [0.3, 0.4) is 0 Å². The lowest BCUT2D eigenvalue weighted by atomic mass is 10.1. The Morgan fingerprint density at radius 2 is 1.70 bits per heavy atom. The molecule has 2 rings (SSSR count). The van der Waals surface area contributed by atoms with E-state index in [1.54, 1.807) is 0 Å². The average molecular weight is 141 g/mol. The van der Waals surface area contributed by atoms with Crippen LogP contribution in [0.5, 0.6) is 0 Å². The molecule has 2 aliphatic rings. The van der Waals surface area contributed by atoms with Crippen molar-refractivity contribution in [3.63, 3.8) is 0 Å². The number of hydrogen-bond acceptors (Lipinski definition) is 3. The van der Waals surface area contributed by atoms with E-state index in [9.17, 15) is 0 Å². The molecular formula is C7H15N3. The van der Waals surface area contributed by atoms with Gasteiger partial charge in [0.1, 0.15) is 0 Å². The van der Waals surface area contributed by atoms with Crippen molar-refractivity contribution < 1.29 is 0 Å². The van der Waals surface area contributed by atoms with E-state index < -0.39 is 0 Å². The molecule has 0 aromatic heterocycles. The Kier molecular flexibility index (Phi) is 1.64. The highest BCUT2D eigenvalue weighted by Crippen LogP contribution is 2.17. The van der Waals surface area contributed by atoms with E-state index in [4.69, 9.17) is 5.84 Å². The normalized spacial score (nSPS) is 30.9. The van der Waals surface area contributed by atoms with Crippen LogP contribution in [0.1, 0.15) is 12.8 Å². The first-order chi connectivity index (χ1) is 4.86. The SMILES string of the molecule is NN1CC(N2CCCC2)C1. The third kappa shape index (κ3) is 1.05. The second-order valence-electron chi connectivity index (χ2n) is 3.35. The van der Waals surface area contributed by atoms with Crippen LogP contribution in [0.15, 0.2) is 0 Å². The zero-order valence-corrected chi connectivity index (χ0v) is 6.29. The second kappa shape index (κ2) is 2.49. The standard InChI is InChI=1S/C7H15N3/c8-10-5-7(6-10)9-3-1-2-4-9/h7H,1-6,8H2. The van der Waals surface area contributed by atoms with Crippen molar-refractivity contribution in [3.05, 3.63) is 0 Å². The molecule has 2 saturated heterocycles. The lowest BCUT2D eigenvalue weighted by molar-refractivity contribution is 0.0482. The van der Waals surface area contributed by atoms with Crippen LogP contribution in [0.25, 0.3) is 0 Å². The fraction of sp³-hybridized carbons (Fsp3) is 1.00. The van der Waals surface area contributed by atoms with Gasteiger partial charge in [-0.1, -0.05) is 0 Å². The zero-order chi connectivity index (χ0) is 6.97. The topological polar surface area (TPSA) is 32.5 Å². The van der Waals surface area contributed by atoms with Crippen molar-refractivity contribution >= 4 is 0 Å². The molecule has 0 amide bonds. The molecule has 2 fully saturated rings. The third-order valence-electron chi connectivity index (χ3n) is 2.55. The Bertz CT molecular complexity index is 114. The molecule has 2 aliphatic heterocycles. The maximum atomic E-state index is 5.54. The predicted molar refractivity (Wildman–Crippen MR) is 40.4 cm³/mol. The summed E-state index contributed by atoms with van der Waals surface area (Å²) in [6.07, 6.45) is 2.78. The first-order valence-electron chi connectivity index (χ1n) is 4.10. The summed E-state index contributed by atoms with van der Waals surface area (Å²) in [5, 5.41) is 1.89. The van der Waals surface area contributed by atoms with Gasteiger partial charge >= 0.3 is 0 Å². The van der Waals surface area contributed by atoms with Crippen LogP contribution >= 0.6 is 0 Å². The van der Waals surface area contributed by atoms with Gasteiger partial charge in [-0.2, -0.15) is 0 Å². The quantitative estimate of drug-likeness (QED) is 0.506. The Hall–Kier alpha value is -0.120. The summed E-state index contributed by atoms with van der Waals surface area (Å²) in [6.45, 7) is 4.77. The minimum absolute atomic E-state index is 0.785. The summed E-state index contributed by atoms with van der Waals surface area (Å²) in [7, 11) is 0. The van der Waals surface area contributed by atoms with Crippen LogP contribution in [-0.2, 0) is 0 Å². The van der Waals surface area contributed by atoms with Gasteiger partial charge in [0, 0.05) is 19.1 Å². The number of hydrogen-bond donors (Lipinski definition) is 1. The van der Waals surface area contributed by atoms with Gasteiger partial charge in [-0.25, -0.2) is 5.01 Å². The van der Waals surface area contributed by atoms with Gasteiger partial charge in [-0.15, -0.1) is 0 Å². The van der Waals surface area contributed by atoms with E-state index >= 15 is 0 Å². The lowest BCUT2D eigenvalue weighted by Crippen LogP contribution is -2.61. The molecule has 0 aromatic rings. The third-order valence-corrected chi connectivity index (χ3v) is 2.55. The summed E-state index contributed by atoms with van der Waals surface area (Å²) >= 11 is 0. The molecule has 0 radical (unpaired) electrons. The highest BCUT2D eigenvalue weighted by Gasteiger charge is 2.30. The summed E-state index contributed by atoms with van der Waals surface area (Å²) < 4.78 is 0. The molecule has 0 aromatic carbocycles. The summed E-state index contributed by atoms with van der Waals surface area (Å²) in [5.74, 6) is 5.54. The molecule has 2 N–H and O–H groups in total. The smallest absolute Gasteiger partial charge is 0.0378 e. The van der Waals surface area contributed by atoms with Gasteiger partial charge in [0.25, 0.3) is 0 Å². The highest BCUT2D eigenvalue weighted by atomic mass is 15.5. The largest absolute Gasteiger partial charge is 0.298 e. The van der Waals surface area contributed by atoms with E-state index in [0.29, 0.717) is 0 Å². The molecule has 58 valence electrons. The lowest BCUT2D eigenvalue weighted by Gasteiger charge is -2.41. The van der Waals surface area contributed by atoms with Crippen molar-refractivity contribution in [2.24, 2.45) is 5.84 Å². The van der Waals surface area contributed by atoms with Crippen LogP contribution in [0.4, 0.5) is 0 Å². The molecule has 3 heteroatoms. The van der Waals surface area contributed by atoms with E-state index in [2.05, 4.69) is 4.90 Å². The Morgan fingerprint density at radius 1 is 1.10 bits per heavy atom. The minimum Gasteiger partial charge on any atom is -0.298 e. The molecule has 0 spiro atoms. The number of hydrazine groups is 1. The predicted octanol–water partition coefficient (Wildman–Crippen LogP) is -0.360. The number of nitrogens with two attached hydrogens (primary N) is 1. The molecule has 0 bridgehead atoms. The molecule has 2 heterocycles. The fourth-order valence-corrected chi connectivity index (χ4v) is 1.83. The second-order valence-corrected chi connectivity index (χ2v) is 3.35. The average Bonchev–Trinajstić information content (AvgIpc) is 2.31. The van der Waals surface area contributed by atoms with Crippen molar-refractivity contribution in [1.29, 1.82) is 0 Å². The summed E-state index contributed by atoms with van der Waals surface area (Å²) in [4.78, 5) is 2.56. The van der Waals surface area contributed by atoms with E-state index in [1.165, 1.54) is 25.9 Å². The first-order valence-corrected chi connectivity index (χ1v) is 4.10.